The van der Waals surface area contributed by atoms with Gasteiger partial charge in [-0.3, -0.25) is 9.59 Å². The molecule has 8 nitrogen and oxygen atoms in total. The minimum absolute atomic E-state index is 0.0452. The highest BCUT2D eigenvalue weighted by Gasteiger charge is 2.40. The van der Waals surface area contributed by atoms with Crippen molar-refractivity contribution in [1.82, 2.24) is 19.8 Å². The van der Waals surface area contributed by atoms with Crippen LogP contribution in [0.25, 0.3) is 0 Å². The Hall–Kier alpha value is -1.93. The first-order valence-electron chi connectivity index (χ1n) is 8.08. The lowest BCUT2D eigenvalue weighted by Crippen LogP contribution is -2.57. The van der Waals surface area contributed by atoms with Crippen LogP contribution in [-0.4, -0.2) is 72.3 Å². The van der Waals surface area contributed by atoms with Gasteiger partial charge in [0.15, 0.2) is 0 Å². The maximum absolute atomic E-state index is 12.5. The highest BCUT2D eigenvalue weighted by atomic mass is 16.5. The number of morpholine rings is 1. The number of imidazole rings is 1. The van der Waals surface area contributed by atoms with Crippen LogP contribution in [0.4, 0.5) is 0 Å². The van der Waals surface area contributed by atoms with Gasteiger partial charge in [0, 0.05) is 46.1 Å². The average molecular weight is 338 g/mol. The van der Waals surface area contributed by atoms with Crippen LogP contribution >= 0.6 is 0 Å². The molecule has 0 radical (unpaired) electrons. The van der Waals surface area contributed by atoms with Gasteiger partial charge < -0.3 is 24.3 Å². The molecule has 1 N–H and O–H groups in total. The van der Waals surface area contributed by atoms with Crippen LogP contribution in [0.2, 0.25) is 0 Å². The molecule has 0 aliphatic carbocycles. The number of methoxy groups -OCH3 is 1. The number of carbonyl (C=O) groups is 2. The molecule has 1 unspecified atom stereocenters. The van der Waals surface area contributed by atoms with E-state index in [0.29, 0.717) is 32.7 Å². The molecule has 0 bridgehead atoms. The summed E-state index contributed by atoms with van der Waals surface area (Å²) < 4.78 is 13.0. The van der Waals surface area contributed by atoms with E-state index in [9.17, 15) is 9.59 Å². The van der Waals surface area contributed by atoms with Crippen LogP contribution in [0.5, 0.6) is 0 Å². The lowest BCUT2D eigenvalue weighted by molar-refractivity contribution is -0.166. The molecule has 1 atom stereocenters. The third kappa shape index (κ3) is 4.55. The summed E-state index contributed by atoms with van der Waals surface area (Å²) in [5, 5.41) is 2.60. The van der Waals surface area contributed by atoms with Gasteiger partial charge in [-0.15, -0.1) is 0 Å². The maximum Gasteiger partial charge on any atom is 0.224 e. The normalized spacial score (nSPS) is 20.9. The Bertz CT molecular complexity index is 570. The highest BCUT2D eigenvalue weighted by molar-refractivity contribution is 5.78. The van der Waals surface area contributed by atoms with Gasteiger partial charge in [-0.05, 0) is 6.92 Å². The number of rotatable bonds is 7. The third-order valence-corrected chi connectivity index (χ3v) is 4.26. The van der Waals surface area contributed by atoms with Gasteiger partial charge >= 0.3 is 0 Å². The smallest absolute Gasteiger partial charge is 0.224 e. The summed E-state index contributed by atoms with van der Waals surface area (Å²) in [4.78, 5) is 30.3. The molecule has 1 aromatic rings. The van der Waals surface area contributed by atoms with Gasteiger partial charge in [-0.25, -0.2) is 4.98 Å². The van der Waals surface area contributed by atoms with Crippen molar-refractivity contribution in [1.29, 1.82) is 0 Å². The highest BCUT2D eigenvalue weighted by Crippen LogP contribution is 2.23. The van der Waals surface area contributed by atoms with Crippen LogP contribution in [0.1, 0.15) is 18.7 Å². The van der Waals surface area contributed by atoms with Crippen molar-refractivity contribution in [2.24, 2.45) is 0 Å². The molecular weight excluding hydrogens is 312 g/mol. The number of hydrogen-bond donors (Lipinski definition) is 1. The monoisotopic (exact) mass is 338 g/mol. The number of hydrogen-bond acceptors (Lipinski definition) is 5. The number of nitrogens with one attached hydrogen (secondary N) is 1. The van der Waals surface area contributed by atoms with Gasteiger partial charge in [-0.2, -0.15) is 0 Å². The minimum atomic E-state index is -0.784. The molecule has 1 fully saturated rings. The Balaban J connectivity index is 1.97. The molecular formula is C16H26N4O4. The molecule has 2 rings (SSSR count). The van der Waals surface area contributed by atoms with E-state index in [2.05, 4.69) is 10.3 Å². The van der Waals surface area contributed by atoms with Crippen molar-refractivity contribution in [3.8, 4) is 0 Å². The zero-order chi connectivity index (χ0) is 17.6. The van der Waals surface area contributed by atoms with Gasteiger partial charge in [0.25, 0.3) is 0 Å². The average Bonchev–Trinajstić information content (AvgIpc) is 2.98. The SMILES string of the molecule is CNC(=O)CC1(COC)CN(C(=O)CCn2ccnc2C)CCO1. The molecule has 8 heteroatoms. The molecule has 0 saturated carbocycles. The van der Waals surface area contributed by atoms with Crippen LogP contribution < -0.4 is 5.32 Å². The lowest BCUT2D eigenvalue weighted by Gasteiger charge is -2.42. The Morgan fingerprint density at radius 2 is 2.29 bits per heavy atom. The van der Waals surface area contributed by atoms with E-state index in [1.54, 1.807) is 25.3 Å². The van der Waals surface area contributed by atoms with E-state index >= 15 is 0 Å². The zero-order valence-corrected chi connectivity index (χ0v) is 14.6. The van der Waals surface area contributed by atoms with Crippen LogP contribution in [0, 0.1) is 6.92 Å². The van der Waals surface area contributed by atoms with E-state index in [1.165, 1.54) is 0 Å². The molecule has 1 aliphatic rings. The Kier molecular flexibility index (Phi) is 6.33. The number of aromatic nitrogens is 2. The predicted molar refractivity (Wildman–Crippen MR) is 87.4 cm³/mol. The number of aryl methyl sites for hydroxylation is 2. The van der Waals surface area contributed by atoms with Crippen LogP contribution in [0.15, 0.2) is 12.4 Å². The van der Waals surface area contributed by atoms with E-state index in [-0.39, 0.29) is 24.8 Å². The molecule has 1 aliphatic heterocycles. The van der Waals surface area contributed by atoms with Gasteiger partial charge in [0.05, 0.1) is 26.2 Å². The number of nitrogens with zero attached hydrogens (tertiary/aromatic N) is 3. The standard InChI is InChI=1S/C16H26N4O4/c1-13-18-5-7-19(13)6-4-15(22)20-8-9-24-16(11-20,12-23-3)10-14(21)17-2/h5,7H,4,6,8-12H2,1-3H3,(H,17,21). The van der Waals surface area contributed by atoms with Crippen LogP contribution in [-0.2, 0) is 25.6 Å². The quantitative estimate of drug-likeness (QED) is 0.754. The zero-order valence-electron chi connectivity index (χ0n) is 14.6. The third-order valence-electron chi connectivity index (χ3n) is 4.26. The first kappa shape index (κ1) is 18.4. The van der Waals surface area contributed by atoms with E-state index in [0.717, 1.165) is 5.82 Å². The minimum Gasteiger partial charge on any atom is -0.382 e. The van der Waals surface area contributed by atoms with Crippen molar-refractivity contribution in [2.75, 3.05) is 40.5 Å². The molecule has 134 valence electrons. The fourth-order valence-corrected chi connectivity index (χ4v) is 2.96. The summed E-state index contributed by atoms with van der Waals surface area (Å²) in [7, 11) is 3.15. The molecule has 0 spiro atoms. The Morgan fingerprint density at radius 3 is 2.92 bits per heavy atom. The van der Waals surface area contributed by atoms with Crippen molar-refractivity contribution in [2.45, 2.75) is 31.9 Å². The summed E-state index contributed by atoms with van der Waals surface area (Å²) in [6.07, 6.45) is 4.15. The van der Waals surface area contributed by atoms with Gasteiger partial charge in [0.1, 0.15) is 11.4 Å². The molecule has 24 heavy (non-hydrogen) atoms. The summed E-state index contributed by atoms with van der Waals surface area (Å²) >= 11 is 0. The van der Waals surface area contributed by atoms with E-state index in [4.69, 9.17) is 9.47 Å². The second-order valence-electron chi connectivity index (χ2n) is 6.05. The Labute approximate surface area is 142 Å². The fourth-order valence-electron chi connectivity index (χ4n) is 2.96. The predicted octanol–water partition coefficient (Wildman–Crippen LogP) is -0.0383. The fraction of sp³-hybridized carbons (Fsp3) is 0.688. The number of amides is 2. The topological polar surface area (TPSA) is 85.7 Å². The summed E-state index contributed by atoms with van der Waals surface area (Å²) in [6.45, 7) is 4.05. The van der Waals surface area contributed by atoms with Crippen molar-refractivity contribution < 1.29 is 19.1 Å². The second-order valence-corrected chi connectivity index (χ2v) is 6.05. The largest absolute Gasteiger partial charge is 0.382 e. The number of carbonyl (C=O) groups excluding carboxylic acids is 2. The molecule has 1 saturated heterocycles. The first-order valence-corrected chi connectivity index (χ1v) is 8.08. The maximum atomic E-state index is 12.5. The van der Waals surface area contributed by atoms with Crippen molar-refractivity contribution >= 4 is 11.8 Å². The Morgan fingerprint density at radius 1 is 1.50 bits per heavy atom. The van der Waals surface area contributed by atoms with Crippen LogP contribution in [0.3, 0.4) is 0 Å². The molecule has 2 heterocycles. The van der Waals surface area contributed by atoms with Gasteiger partial charge in [0.2, 0.25) is 11.8 Å². The molecule has 1 aromatic heterocycles. The van der Waals surface area contributed by atoms with E-state index < -0.39 is 5.60 Å². The lowest BCUT2D eigenvalue weighted by atomic mass is 9.97. The summed E-state index contributed by atoms with van der Waals surface area (Å²) in [5.74, 6) is 0.803. The molecule has 2 amide bonds. The second kappa shape index (κ2) is 8.25. The van der Waals surface area contributed by atoms with Crippen molar-refractivity contribution in [3.63, 3.8) is 0 Å². The van der Waals surface area contributed by atoms with Gasteiger partial charge in [-0.1, -0.05) is 0 Å². The van der Waals surface area contributed by atoms with E-state index in [1.807, 2.05) is 17.7 Å². The number of ether oxygens (including phenoxy) is 2. The summed E-state index contributed by atoms with van der Waals surface area (Å²) in [5.41, 5.74) is -0.784. The first-order chi connectivity index (χ1) is 11.5. The summed E-state index contributed by atoms with van der Waals surface area (Å²) in [6, 6.07) is 0. The van der Waals surface area contributed by atoms with Crippen molar-refractivity contribution in [3.05, 3.63) is 18.2 Å². The molecule has 0 aromatic carbocycles.